The van der Waals surface area contributed by atoms with Crippen LogP contribution in [0.25, 0.3) is 0 Å². The van der Waals surface area contributed by atoms with Crippen molar-refractivity contribution in [3.63, 3.8) is 0 Å². The Labute approximate surface area is 99.7 Å². The first-order chi connectivity index (χ1) is 8.35. The number of nitrogens with zero attached hydrogens (tertiary/aromatic N) is 1. The summed E-state index contributed by atoms with van der Waals surface area (Å²) in [6.07, 6.45) is 4.81. The predicted octanol–water partition coefficient (Wildman–Crippen LogP) is 2.05. The van der Waals surface area contributed by atoms with Gasteiger partial charge in [0.1, 0.15) is 0 Å². The molecule has 17 heavy (non-hydrogen) atoms. The van der Waals surface area contributed by atoms with Crippen molar-refractivity contribution in [3.05, 3.63) is 22.8 Å². The third-order valence-corrected chi connectivity index (χ3v) is 3.72. The Kier molecular flexibility index (Phi) is 2.52. The van der Waals surface area contributed by atoms with Crippen LogP contribution in [0.3, 0.4) is 0 Å². The molecule has 2 aliphatic heterocycles. The Hall–Kier alpha value is -1.55. The van der Waals surface area contributed by atoms with E-state index in [9.17, 15) is 4.79 Å². The molecule has 90 valence electrons. The van der Waals surface area contributed by atoms with Crippen LogP contribution in [0.15, 0.2) is 6.07 Å². The van der Waals surface area contributed by atoms with Crippen molar-refractivity contribution in [2.24, 2.45) is 0 Å². The molecule has 0 aromatic heterocycles. The number of hydrogen-bond donors (Lipinski definition) is 1. The normalized spacial score (nSPS) is 17.6. The van der Waals surface area contributed by atoms with Crippen LogP contribution in [0.2, 0.25) is 0 Å². The van der Waals surface area contributed by atoms with E-state index in [1.165, 1.54) is 11.3 Å². The van der Waals surface area contributed by atoms with Gasteiger partial charge in [-0.25, -0.2) is 5.26 Å². The van der Waals surface area contributed by atoms with E-state index in [0.29, 0.717) is 11.3 Å². The smallest absolute Gasteiger partial charge is 0.180 e. The quantitative estimate of drug-likeness (QED) is 0.482. The maximum Gasteiger partial charge on any atom is 0.180 e. The average Bonchev–Trinajstić information content (AvgIpc) is 2.39. The Bertz CT molecular complexity index is 468. The number of aryl methyl sites for hydroxylation is 1. The van der Waals surface area contributed by atoms with Gasteiger partial charge in [-0.05, 0) is 37.3 Å². The van der Waals surface area contributed by atoms with Crippen LogP contribution in [0.4, 0.5) is 5.69 Å². The van der Waals surface area contributed by atoms with Gasteiger partial charge in [-0.1, -0.05) is 0 Å². The molecule has 0 saturated heterocycles. The van der Waals surface area contributed by atoms with Gasteiger partial charge in [0.05, 0.1) is 5.56 Å². The number of benzene rings is 1. The largest absolute Gasteiger partial charge is 0.371 e. The molecule has 0 spiro atoms. The lowest BCUT2D eigenvalue weighted by Gasteiger charge is -2.37. The van der Waals surface area contributed by atoms with Crippen LogP contribution in [0, 0.1) is 0 Å². The summed E-state index contributed by atoms with van der Waals surface area (Å²) >= 11 is 0. The predicted molar refractivity (Wildman–Crippen MR) is 63.9 cm³/mol. The van der Waals surface area contributed by atoms with Gasteiger partial charge in [0.15, 0.2) is 12.0 Å². The minimum atomic E-state index is 0.352. The van der Waals surface area contributed by atoms with Gasteiger partial charge in [-0.3, -0.25) is 4.79 Å². The Morgan fingerprint density at radius 3 is 2.76 bits per heavy atom. The number of carbonyl (C=O) groups excluding carboxylic acids is 1. The van der Waals surface area contributed by atoms with Crippen molar-refractivity contribution in [1.82, 2.24) is 0 Å². The van der Waals surface area contributed by atoms with Crippen molar-refractivity contribution in [3.8, 4) is 5.75 Å². The third-order valence-electron chi connectivity index (χ3n) is 3.72. The van der Waals surface area contributed by atoms with Gasteiger partial charge in [-0.15, -0.1) is 0 Å². The molecule has 4 nitrogen and oxygen atoms in total. The summed E-state index contributed by atoms with van der Waals surface area (Å²) in [5.74, 6) is 0.352. The fourth-order valence-electron chi connectivity index (χ4n) is 3.05. The molecule has 2 aliphatic rings. The molecule has 4 heteroatoms. The topological polar surface area (TPSA) is 49.8 Å². The molecular weight excluding hydrogens is 218 g/mol. The Morgan fingerprint density at radius 1 is 1.29 bits per heavy atom. The minimum Gasteiger partial charge on any atom is -0.371 e. The minimum absolute atomic E-state index is 0.352. The lowest BCUT2D eigenvalue weighted by Crippen LogP contribution is -2.34. The van der Waals surface area contributed by atoms with Gasteiger partial charge in [0.25, 0.3) is 0 Å². The first kappa shape index (κ1) is 10.6. The maximum atomic E-state index is 11.0. The summed E-state index contributed by atoms with van der Waals surface area (Å²) < 4.78 is 0. The standard InChI is InChI=1S/C13H15NO3/c15-8-10-7-9-3-1-5-14-6-2-4-11(12(9)14)13(10)17-16/h7-8,16H,1-6H2. The Morgan fingerprint density at radius 2 is 2.06 bits per heavy atom. The first-order valence-corrected chi connectivity index (χ1v) is 6.05. The lowest BCUT2D eigenvalue weighted by molar-refractivity contribution is -0.138. The molecule has 1 N–H and O–H groups in total. The fourth-order valence-corrected chi connectivity index (χ4v) is 3.05. The van der Waals surface area contributed by atoms with Crippen LogP contribution in [-0.2, 0) is 12.8 Å². The molecule has 3 rings (SSSR count). The summed E-state index contributed by atoms with van der Waals surface area (Å²) in [5, 5.41) is 9.00. The van der Waals surface area contributed by atoms with Crippen LogP contribution < -0.4 is 9.79 Å². The van der Waals surface area contributed by atoms with E-state index in [0.717, 1.165) is 50.6 Å². The molecule has 2 heterocycles. The van der Waals surface area contributed by atoms with E-state index in [1.54, 1.807) is 0 Å². The van der Waals surface area contributed by atoms with Gasteiger partial charge >= 0.3 is 0 Å². The van der Waals surface area contributed by atoms with Crippen molar-refractivity contribution < 1.29 is 14.9 Å². The van der Waals surface area contributed by atoms with Crippen LogP contribution in [0.5, 0.6) is 5.75 Å². The van der Waals surface area contributed by atoms with Crippen LogP contribution in [0.1, 0.15) is 34.3 Å². The summed E-state index contributed by atoms with van der Waals surface area (Å²) in [7, 11) is 0. The number of anilines is 1. The van der Waals surface area contributed by atoms with Crippen molar-refractivity contribution in [2.45, 2.75) is 25.7 Å². The first-order valence-electron chi connectivity index (χ1n) is 6.05. The zero-order chi connectivity index (χ0) is 11.8. The molecular formula is C13H15NO3. The maximum absolute atomic E-state index is 11.0. The fraction of sp³-hybridized carbons (Fsp3) is 0.462. The lowest BCUT2D eigenvalue weighted by atomic mass is 9.89. The second-order valence-corrected chi connectivity index (χ2v) is 4.68. The number of aldehydes is 1. The molecule has 0 amide bonds. The molecule has 0 radical (unpaired) electrons. The molecule has 0 aliphatic carbocycles. The summed E-state index contributed by atoms with van der Waals surface area (Å²) in [6.45, 7) is 2.12. The van der Waals surface area contributed by atoms with Gasteiger partial charge in [0.2, 0.25) is 0 Å². The second-order valence-electron chi connectivity index (χ2n) is 4.68. The third kappa shape index (κ3) is 1.52. The number of carbonyl (C=O) groups is 1. The van der Waals surface area contributed by atoms with E-state index in [4.69, 9.17) is 5.26 Å². The molecule has 0 saturated carbocycles. The zero-order valence-electron chi connectivity index (χ0n) is 9.61. The molecule has 0 bridgehead atoms. The molecule has 0 unspecified atom stereocenters. The summed E-state index contributed by atoms with van der Waals surface area (Å²) in [6, 6.07) is 1.86. The van der Waals surface area contributed by atoms with Gasteiger partial charge in [0, 0.05) is 24.3 Å². The Balaban J connectivity index is 2.25. The highest BCUT2D eigenvalue weighted by Crippen LogP contribution is 2.41. The highest BCUT2D eigenvalue weighted by atomic mass is 17.1. The van der Waals surface area contributed by atoms with E-state index in [-0.39, 0.29) is 0 Å². The monoisotopic (exact) mass is 233 g/mol. The van der Waals surface area contributed by atoms with Crippen molar-refractivity contribution in [1.29, 1.82) is 0 Å². The van der Waals surface area contributed by atoms with Crippen molar-refractivity contribution >= 4 is 12.0 Å². The van der Waals surface area contributed by atoms with E-state index >= 15 is 0 Å². The summed E-state index contributed by atoms with van der Waals surface area (Å²) in [5.41, 5.74) is 3.87. The zero-order valence-corrected chi connectivity index (χ0v) is 9.61. The molecule has 0 atom stereocenters. The molecule has 1 aromatic carbocycles. The second kappa shape index (κ2) is 4.04. The van der Waals surface area contributed by atoms with Crippen LogP contribution in [-0.4, -0.2) is 24.6 Å². The molecule has 1 aromatic rings. The van der Waals surface area contributed by atoms with E-state index in [2.05, 4.69) is 9.79 Å². The van der Waals surface area contributed by atoms with Gasteiger partial charge < -0.3 is 9.79 Å². The summed E-state index contributed by atoms with van der Waals surface area (Å²) in [4.78, 5) is 17.8. The molecule has 0 fully saturated rings. The van der Waals surface area contributed by atoms with Crippen molar-refractivity contribution in [2.75, 3.05) is 18.0 Å². The number of hydrogen-bond acceptors (Lipinski definition) is 4. The van der Waals surface area contributed by atoms with E-state index in [1.807, 2.05) is 6.07 Å². The van der Waals surface area contributed by atoms with E-state index < -0.39 is 0 Å². The van der Waals surface area contributed by atoms with Crippen LogP contribution >= 0.6 is 0 Å². The number of rotatable bonds is 2. The highest BCUT2D eigenvalue weighted by Gasteiger charge is 2.28. The SMILES string of the molecule is O=Cc1cc2c3c(c1OO)CCCN3CCC2. The van der Waals surface area contributed by atoms with Gasteiger partial charge in [-0.2, -0.15) is 0 Å². The highest BCUT2D eigenvalue weighted by molar-refractivity contribution is 5.84. The average molecular weight is 233 g/mol.